The van der Waals surface area contributed by atoms with Crippen molar-refractivity contribution >= 4 is 11.8 Å². The van der Waals surface area contributed by atoms with E-state index in [9.17, 15) is 4.79 Å². The van der Waals surface area contributed by atoms with Crippen molar-refractivity contribution in [2.24, 2.45) is 4.99 Å². The van der Waals surface area contributed by atoms with E-state index >= 15 is 0 Å². The molecule has 5 nitrogen and oxygen atoms in total. The van der Waals surface area contributed by atoms with Crippen LogP contribution in [0.3, 0.4) is 0 Å². The first-order chi connectivity index (χ1) is 8.25. The van der Waals surface area contributed by atoms with E-state index in [1.165, 1.54) is 5.56 Å². The average molecular weight is 231 g/mol. The normalized spacial score (nSPS) is 26.8. The van der Waals surface area contributed by atoms with Gasteiger partial charge in [0.25, 0.3) is 0 Å². The van der Waals surface area contributed by atoms with Gasteiger partial charge in [0, 0.05) is 12.5 Å². The van der Waals surface area contributed by atoms with E-state index in [-0.39, 0.29) is 5.92 Å². The van der Waals surface area contributed by atoms with Gasteiger partial charge in [0.2, 0.25) is 6.17 Å². The van der Waals surface area contributed by atoms with Crippen LogP contribution in [0.5, 0.6) is 0 Å². The number of carbonyl (C=O) groups is 1. The van der Waals surface area contributed by atoms with Crippen LogP contribution >= 0.6 is 0 Å². The van der Waals surface area contributed by atoms with E-state index in [2.05, 4.69) is 22.6 Å². The second-order valence-corrected chi connectivity index (χ2v) is 4.26. The fraction of sp³-hybridized carbons (Fsp3) is 0.333. The molecule has 2 aliphatic heterocycles. The molecule has 0 bridgehead atoms. The molecule has 2 aliphatic rings. The van der Waals surface area contributed by atoms with Gasteiger partial charge in [-0.1, -0.05) is 30.3 Å². The molecule has 0 amide bonds. The van der Waals surface area contributed by atoms with Crippen molar-refractivity contribution in [1.29, 1.82) is 0 Å². The van der Waals surface area contributed by atoms with E-state index in [0.29, 0.717) is 0 Å². The van der Waals surface area contributed by atoms with Crippen molar-refractivity contribution in [3.8, 4) is 0 Å². The van der Waals surface area contributed by atoms with Gasteiger partial charge >= 0.3 is 5.97 Å². The number of benzene rings is 1. The predicted octanol–water partition coefficient (Wildman–Crippen LogP) is 0.803. The van der Waals surface area contributed by atoms with E-state index in [1.54, 1.807) is 0 Å². The number of rotatable bonds is 2. The van der Waals surface area contributed by atoms with E-state index < -0.39 is 12.1 Å². The first kappa shape index (κ1) is 10.3. The lowest BCUT2D eigenvalue weighted by molar-refractivity contribution is -0.139. The van der Waals surface area contributed by atoms with Gasteiger partial charge < -0.3 is 5.11 Å². The van der Waals surface area contributed by atoms with Gasteiger partial charge in [-0.3, -0.25) is 5.01 Å². The summed E-state index contributed by atoms with van der Waals surface area (Å²) in [6, 6.07) is 10.1. The zero-order valence-corrected chi connectivity index (χ0v) is 9.21. The third kappa shape index (κ3) is 1.68. The highest BCUT2D eigenvalue weighted by Gasteiger charge is 2.38. The van der Waals surface area contributed by atoms with Crippen molar-refractivity contribution in [3.63, 3.8) is 0 Å². The van der Waals surface area contributed by atoms with Crippen LogP contribution in [0, 0.1) is 0 Å². The Morgan fingerprint density at radius 1 is 1.41 bits per heavy atom. The number of hydrogen-bond acceptors (Lipinski definition) is 4. The molecule has 0 spiro atoms. The Morgan fingerprint density at radius 3 is 2.88 bits per heavy atom. The van der Waals surface area contributed by atoms with Crippen LogP contribution in [0.4, 0.5) is 0 Å². The van der Waals surface area contributed by atoms with Gasteiger partial charge in [-0.25, -0.2) is 9.79 Å². The highest BCUT2D eigenvalue weighted by Crippen LogP contribution is 2.31. The topological polar surface area (TPSA) is 64.9 Å². The van der Waals surface area contributed by atoms with Crippen molar-refractivity contribution < 1.29 is 9.90 Å². The van der Waals surface area contributed by atoms with Crippen LogP contribution in [-0.4, -0.2) is 34.6 Å². The van der Waals surface area contributed by atoms with Gasteiger partial charge in [-0.2, -0.15) is 5.43 Å². The summed E-state index contributed by atoms with van der Waals surface area (Å²) in [5.41, 5.74) is 4.08. The minimum absolute atomic E-state index is 0.216. The molecule has 1 saturated heterocycles. The number of amidine groups is 1. The third-order valence-corrected chi connectivity index (χ3v) is 3.20. The number of carboxylic acids is 1. The van der Waals surface area contributed by atoms with Crippen LogP contribution in [0.1, 0.15) is 17.9 Å². The van der Waals surface area contributed by atoms with Gasteiger partial charge in [-0.05, 0) is 12.0 Å². The molecule has 0 aliphatic carbocycles. The van der Waals surface area contributed by atoms with Gasteiger partial charge in [0.1, 0.15) is 5.84 Å². The predicted molar refractivity (Wildman–Crippen MR) is 62.5 cm³/mol. The highest BCUT2D eigenvalue weighted by molar-refractivity contribution is 5.94. The Balaban J connectivity index is 1.89. The Hall–Kier alpha value is -1.88. The Bertz CT molecular complexity index is 472. The number of hydrazine groups is 1. The molecule has 2 atom stereocenters. The molecule has 2 N–H and O–H groups in total. The van der Waals surface area contributed by atoms with Crippen LogP contribution in [0.15, 0.2) is 35.3 Å². The lowest BCUT2D eigenvalue weighted by Crippen LogP contribution is -2.41. The lowest BCUT2D eigenvalue weighted by atomic mass is 9.97. The molecule has 17 heavy (non-hydrogen) atoms. The van der Waals surface area contributed by atoms with Crippen molar-refractivity contribution in [3.05, 3.63) is 35.9 Å². The smallest absolute Gasteiger partial charge is 0.345 e. The zero-order chi connectivity index (χ0) is 11.8. The second-order valence-electron chi connectivity index (χ2n) is 4.26. The molecular weight excluding hydrogens is 218 g/mol. The van der Waals surface area contributed by atoms with E-state index in [0.717, 1.165) is 18.8 Å². The molecular formula is C12H13N3O2. The number of nitrogens with zero attached hydrogens (tertiary/aromatic N) is 2. The maximum atomic E-state index is 10.9. The monoisotopic (exact) mass is 231 g/mol. The van der Waals surface area contributed by atoms with Crippen molar-refractivity contribution in [1.82, 2.24) is 10.4 Å². The Labute approximate surface area is 98.7 Å². The minimum Gasteiger partial charge on any atom is -0.479 e. The molecule has 1 aromatic rings. The molecule has 1 aromatic carbocycles. The summed E-state index contributed by atoms with van der Waals surface area (Å²) in [5.74, 6) is 0.135. The highest BCUT2D eigenvalue weighted by atomic mass is 16.4. The molecule has 0 saturated carbocycles. The lowest BCUT2D eigenvalue weighted by Gasteiger charge is -2.14. The number of hydrogen-bond donors (Lipinski definition) is 2. The summed E-state index contributed by atoms with van der Waals surface area (Å²) in [7, 11) is 0. The summed E-state index contributed by atoms with van der Waals surface area (Å²) < 4.78 is 0. The molecule has 2 heterocycles. The van der Waals surface area contributed by atoms with Gasteiger partial charge in [0.15, 0.2) is 0 Å². The van der Waals surface area contributed by atoms with Crippen LogP contribution in [0.2, 0.25) is 0 Å². The van der Waals surface area contributed by atoms with Crippen LogP contribution in [0.25, 0.3) is 0 Å². The zero-order valence-electron chi connectivity index (χ0n) is 9.21. The third-order valence-electron chi connectivity index (χ3n) is 3.20. The molecule has 5 heteroatoms. The number of aliphatic imine (C=N–C) groups is 1. The quantitative estimate of drug-likeness (QED) is 0.790. The summed E-state index contributed by atoms with van der Waals surface area (Å²) in [6.07, 6.45) is 0.152. The number of nitrogens with one attached hydrogen (secondary N) is 1. The SMILES string of the molecule is O=C(O)C1N=C2C(c3ccccc3)CCN2N1. The molecule has 2 unspecified atom stereocenters. The number of carboxylic acid groups (broad SMARTS) is 1. The van der Waals surface area contributed by atoms with Crippen molar-refractivity contribution in [2.75, 3.05) is 6.54 Å². The summed E-state index contributed by atoms with van der Waals surface area (Å²) >= 11 is 0. The van der Waals surface area contributed by atoms with E-state index in [1.807, 2.05) is 23.2 Å². The van der Waals surface area contributed by atoms with Gasteiger partial charge in [0.05, 0.1) is 0 Å². The first-order valence-electron chi connectivity index (χ1n) is 5.65. The maximum absolute atomic E-state index is 10.9. The largest absolute Gasteiger partial charge is 0.479 e. The average Bonchev–Trinajstić information content (AvgIpc) is 2.89. The maximum Gasteiger partial charge on any atom is 0.345 e. The summed E-state index contributed by atoms with van der Waals surface area (Å²) in [4.78, 5) is 15.1. The minimum atomic E-state index is -0.932. The summed E-state index contributed by atoms with van der Waals surface area (Å²) in [5, 5.41) is 10.8. The standard InChI is InChI=1S/C12H13N3O2/c16-12(17)10-13-11-9(6-7-15(11)14-10)8-4-2-1-3-5-8/h1-5,9-10,14H,6-7H2,(H,16,17). The first-order valence-corrected chi connectivity index (χ1v) is 5.65. The second kappa shape index (κ2) is 3.85. The van der Waals surface area contributed by atoms with Crippen molar-refractivity contribution in [2.45, 2.75) is 18.5 Å². The number of fused-ring (bicyclic) bond motifs is 1. The van der Waals surface area contributed by atoms with Gasteiger partial charge in [-0.15, -0.1) is 0 Å². The molecule has 3 rings (SSSR count). The Kier molecular flexibility index (Phi) is 2.33. The Morgan fingerprint density at radius 2 is 2.18 bits per heavy atom. The number of aliphatic carboxylic acids is 1. The molecule has 0 radical (unpaired) electrons. The molecule has 1 fully saturated rings. The van der Waals surface area contributed by atoms with Crippen LogP contribution in [-0.2, 0) is 4.79 Å². The van der Waals surface area contributed by atoms with E-state index in [4.69, 9.17) is 5.11 Å². The fourth-order valence-electron chi connectivity index (χ4n) is 2.40. The fourth-order valence-corrected chi connectivity index (χ4v) is 2.40. The summed E-state index contributed by atoms with van der Waals surface area (Å²) in [6.45, 7) is 0.808. The molecule has 0 aromatic heterocycles. The molecule has 88 valence electrons. The van der Waals surface area contributed by atoms with Crippen LogP contribution < -0.4 is 5.43 Å².